The Balaban J connectivity index is 2.52. The zero-order valence-electron chi connectivity index (χ0n) is 9.33. The standard InChI is InChI=1S/C14H9NO3/c16-14-6-5-13(15(17)18)11-7-9-3-1-2-4-10(9)8-12(11)14/h1-8,16H. The second kappa shape index (κ2) is 3.70. The van der Waals surface area contributed by atoms with Crippen LogP contribution in [0.1, 0.15) is 0 Å². The number of phenols is 1. The number of nitro benzene ring substituents is 1. The largest absolute Gasteiger partial charge is 0.507 e. The van der Waals surface area contributed by atoms with Gasteiger partial charge in [0.15, 0.2) is 0 Å². The Hall–Kier alpha value is -2.62. The molecule has 0 aliphatic heterocycles. The Bertz CT molecular complexity index is 780. The summed E-state index contributed by atoms with van der Waals surface area (Å²) in [4.78, 5) is 10.6. The van der Waals surface area contributed by atoms with E-state index in [1.165, 1.54) is 12.1 Å². The molecule has 0 radical (unpaired) electrons. The van der Waals surface area contributed by atoms with Gasteiger partial charge in [0.2, 0.25) is 0 Å². The number of non-ortho nitro benzene ring substituents is 1. The number of hydrogen-bond donors (Lipinski definition) is 1. The van der Waals surface area contributed by atoms with E-state index in [-0.39, 0.29) is 11.4 Å². The van der Waals surface area contributed by atoms with Crippen LogP contribution in [0.5, 0.6) is 5.75 Å². The van der Waals surface area contributed by atoms with Crippen molar-refractivity contribution < 1.29 is 10.0 Å². The molecule has 3 aromatic rings. The van der Waals surface area contributed by atoms with Crippen molar-refractivity contribution >= 4 is 27.2 Å². The second-order valence-electron chi connectivity index (χ2n) is 4.11. The molecule has 0 aliphatic carbocycles. The van der Waals surface area contributed by atoms with Gasteiger partial charge in [-0.1, -0.05) is 24.3 Å². The molecule has 0 saturated carbocycles. The lowest BCUT2D eigenvalue weighted by Crippen LogP contribution is -1.89. The Labute approximate surface area is 102 Å². The van der Waals surface area contributed by atoms with Crippen LogP contribution in [0.3, 0.4) is 0 Å². The van der Waals surface area contributed by atoms with Crippen LogP contribution in [-0.2, 0) is 0 Å². The lowest BCUT2D eigenvalue weighted by Gasteiger charge is -2.04. The molecule has 3 rings (SSSR count). The first-order valence-electron chi connectivity index (χ1n) is 5.46. The number of aromatic hydroxyl groups is 1. The smallest absolute Gasteiger partial charge is 0.277 e. The summed E-state index contributed by atoms with van der Waals surface area (Å²) in [6.07, 6.45) is 0. The van der Waals surface area contributed by atoms with E-state index in [9.17, 15) is 15.2 Å². The Morgan fingerprint density at radius 3 is 2.17 bits per heavy atom. The number of rotatable bonds is 1. The molecule has 0 heterocycles. The molecular formula is C14H9NO3. The van der Waals surface area contributed by atoms with Crippen LogP contribution < -0.4 is 0 Å². The normalized spacial score (nSPS) is 10.9. The van der Waals surface area contributed by atoms with Gasteiger partial charge in [0.05, 0.1) is 10.3 Å². The van der Waals surface area contributed by atoms with E-state index in [4.69, 9.17) is 0 Å². The molecule has 0 saturated heterocycles. The molecule has 0 atom stereocenters. The van der Waals surface area contributed by atoms with Crippen LogP contribution in [0.15, 0.2) is 48.5 Å². The number of phenolic OH excluding ortho intramolecular Hbond substituents is 1. The average Bonchev–Trinajstić information content (AvgIpc) is 2.37. The highest BCUT2D eigenvalue weighted by Gasteiger charge is 2.14. The molecule has 3 aromatic carbocycles. The first-order valence-corrected chi connectivity index (χ1v) is 5.46. The van der Waals surface area contributed by atoms with Crippen LogP contribution in [0, 0.1) is 10.1 Å². The summed E-state index contributed by atoms with van der Waals surface area (Å²) in [6, 6.07) is 13.8. The predicted octanol–water partition coefficient (Wildman–Crippen LogP) is 3.61. The van der Waals surface area contributed by atoms with Gasteiger partial charge in [0.25, 0.3) is 5.69 Å². The number of benzene rings is 3. The van der Waals surface area contributed by atoms with Crippen LogP contribution in [0.25, 0.3) is 21.5 Å². The van der Waals surface area contributed by atoms with Crippen molar-refractivity contribution in [3.63, 3.8) is 0 Å². The molecule has 0 fully saturated rings. The van der Waals surface area contributed by atoms with Gasteiger partial charge in [0.1, 0.15) is 5.75 Å². The van der Waals surface area contributed by atoms with E-state index in [0.29, 0.717) is 10.8 Å². The lowest BCUT2D eigenvalue weighted by atomic mass is 10.0. The fourth-order valence-corrected chi connectivity index (χ4v) is 2.16. The molecule has 0 amide bonds. The molecule has 0 spiro atoms. The van der Waals surface area contributed by atoms with Crippen LogP contribution in [0.4, 0.5) is 5.69 Å². The zero-order chi connectivity index (χ0) is 12.7. The average molecular weight is 239 g/mol. The minimum Gasteiger partial charge on any atom is -0.507 e. The molecule has 0 unspecified atom stereocenters. The quantitative estimate of drug-likeness (QED) is 0.401. The summed E-state index contributed by atoms with van der Waals surface area (Å²) < 4.78 is 0. The van der Waals surface area contributed by atoms with Crippen molar-refractivity contribution in [1.29, 1.82) is 0 Å². The Morgan fingerprint density at radius 2 is 1.56 bits per heavy atom. The van der Waals surface area contributed by atoms with E-state index in [0.717, 1.165) is 10.8 Å². The highest BCUT2D eigenvalue weighted by atomic mass is 16.6. The van der Waals surface area contributed by atoms with E-state index in [1.54, 1.807) is 12.1 Å². The third kappa shape index (κ3) is 1.47. The third-order valence-corrected chi connectivity index (χ3v) is 3.03. The summed E-state index contributed by atoms with van der Waals surface area (Å²) in [5.74, 6) is 0.0568. The summed E-state index contributed by atoms with van der Waals surface area (Å²) in [5, 5.41) is 23.6. The summed E-state index contributed by atoms with van der Waals surface area (Å²) >= 11 is 0. The molecule has 1 N–H and O–H groups in total. The topological polar surface area (TPSA) is 63.4 Å². The highest BCUT2D eigenvalue weighted by Crippen LogP contribution is 2.35. The van der Waals surface area contributed by atoms with E-state index >= 15 is 0 Å². The van der Waals surface area contributed by atoms with Crippen molar-refractivity contribution in [1.82, 2.24) is 0 Å². The maximum Gasteiger partial charge on any atom is 0.277 e. The molecule has 4 heteroatoms. The Kier molecular flexibility index (Phi) is 2.16. The van der Waals surface area contributed by atoms with Gasteiger partial charge in [-0.3, -0.25) is 10.1 Å². The van der Waals surface area contributed by atoms with Crippen molar-refractivity contribution in [2.45, 2.75) is 0 Å². The monoisotopic (exact) mass is 239 g/mol. The summed E-state index contributed by atoms with van der Waals surface area (Å²) in [5.41, 5.74) is 0.00792. The number of nitro groups is 1. The third-order valence-electron chi connectivity index (χ3n) is 3.03. The van der Waals surface area contributed by atoms with Gasteiger partial charge >= 0.3 is 0 Å². The second-order valence-corrected chi connectivity index (χ2v) is 4.11. The minimum absolute atomic E-state index is 0.00792. The van der Waals surface area contributed by atoms with E-state index in [2.05, 4.69) is 0 Å². The van der Waals surface area contributed by atoms with Crippen molar-refractivity contribution in [2.24, 2.45) is 0 Å². The van der Waals surface area contributed by atoms with Crippen LogP contribution in [0.2, 0.25) is 0 Å². The van der Waals surface area contributed by atoms with Gasteiger partial charge in [-0.15, -0.1) is 0 Å². The fraction of sp³-hybridized carbons (Fsp3) is 0. The van der Waals surface area contributed by atoms with Gasteiger partial charge < -0.3 is 5.11 Å². The molecule has 0 aliphatic rings. The van der Waals surface area contributed by atoms with Crippen molar-refractivity contribution in [3.05, 3.63) is 58.6 Å². The van der Waals surface area contributed by atoms with Gasteiger partial charge in [0, 0.05) is 11.5 Å². The fourth-order valence-electron chi connectivity index (χ4n) is 2.16. The molecule has 18 heavy (non-hydrogen) atoms. The number of fused-ring (bicyclic) bond motifs is 2. The number of hydrogen-bond acceptors (Lipinski definition) is 3. The predicted molar refractivity (Wildman–Crippen MR) is 69.8 cm³/mol. The molecule has 4 nitrogen and oxygen atoms in total. The van der Waals surface area contributed by atoms with Gasteiger partial charge in [-0.2, -0.15) is 0 Å². The first-order chi connectivity index (χ1) is 8.66. The lowest BCUT2D eigenvalue weighted by molar-refractivity contribution is -0.383. The molecule has 0 aromatic heterocycles. The summed E-state index contributed by atoms with van der Waals surface area (Å²) in [7, 11) is 0. The van der Waals surface area contributed by atoms with E-state index < -0.39 is 4.92 Å². The molecule has 88 valence electrons. The SMILES string of the molecule is O=[N+]([O-])c1ccc(O)c2cc3ccccc3cc12. The number of nitrogens with zero attached hydrogens (tertiary/aromatic N) is 1. The maximum absolute atomic E-state index is 11.0. The maximum atomic E-state index is 11.0. The van der Waals surface area contributed by atoms with Crippen LogP contribution in [-0.4, -0.2) is 10.0 Å². The van der Waals surface area contributed by atoms with Gasteiger partial charge in [-0.25, -0.2) is 0 Å². The van der Waals surface area contributed by atoms with Crippen molar-refractivity contribution in [2.75, 3.05) is 0 Å². The molecule has 0 bridgehead atoms. The van der Waals surface area contributed by atoms with Crippen LogP contribution >= 0.6 is 0 Å². The zero-order valence-corrected chi connectivity index (χ0v) is 9.33. The van der Waals surface area contributed by atoms with Crippen molar-refractivity contribution in [3.8, 4) is 5.75 Å². The highest BCUT2D eigenvalue weighted by molar-refractivity contribution is 6.04. The minimum atomic E-state index is -0.434. The molecular weight excluding hydrogens is 230 g/mol. The van der Waals surface area contributed by atoms with Gasteiger partial charge in [-0.05, 0) is 29.0 Å². The Morgan fingerprint density at radius 1 is 0.944 bits per heavy atom. The van der Waals surface area contributed by atoms with E-state index in [1.807, 2.05) is 24.3 Å². The summed E-state index contributed by atoms with van der Waals surface area (Å²) in [6.45, 7) is 0. The first kappa shape index (κ1) is 10.5.